The van der Waals surface area contributed by atoms with Crippen molar-refractivity contribution in [1.82, 2.24) is 4.13 Å². The Hall–Kier alpha value is -0.210. The molecule has 2 N–H and O–H groups in total. The standard InChI is InChI=1S/C7H9Cl2FN2O2S2/c8-15(9,6-10)12-16(13,14)11-7-4-2-1-3-5-7/h1-5,11-12H,6H2. The van der Waals surface area contributed by atoms with E-state index in [4.69, 9.17) is 21.4 Å². The zero-order valence-corrected chi connectivity index (χ0v) is 11.0. The van der Waals surface area contributed by atoms with Gasteiger partial charge in [0.2, 0.25) is 0 Å². The second kappa shape index (κ2) is 5.42. The van der Waals surface area contributed by atoms with Crippen LogP contribution >= 0.6 is 30.0 Å². The summed E-state index contributed by atoms with van der Waals surface area (Å²) in [4.78, 5) is 0. The molecule has 0 atom stereocenters. The fraction of sp³-hybridized carbons (Fsp3) is 0.143. The van der Waals surface area contributed by atoms with Gasteiger partial charge in [-0.2, -0.15) is 8.42 Å². The first-order valence-electron chi connectivity index (χ1n) is 3.97. The van der Waals surface area contributed by atoms with Crippen LogP contribution in [0.2, 0.25) is 0 Å². The zero-order chi connectivity index (χ0) is 12.2. The Labute approximate surface area is 104 Å². The van der Waals surface area contributed by atoms with E-state index in [1.807, 2.05) is 4.13 Å². The molecule has 0 aromatic heterocycles. The summed E-state index contributed by atoms with van der Waals surface area (Å²) in [6.07, 6.45) is 0. The first-order chi connectivity index (χ1) is 7.35. The molecule has 92 valence electrons. The highest BCUT2D eigenvalue weighted by molar-refractivity contribution is 8.66. The van der Waals surface area contributed by atoms with Crippen LogP contribution < -0.4 is 8.85 Å². The van der Waals surface area contributed by atoms with E-state index in [0.717, 1.165) is 0 Å². The van der Waals surface area contributed by atoms with E-state index in [2.05, 4.69) is 4.72 Å². The van der Waals surface area contributed by atoms with E-state index >= 15 is 0 Å². The summed E-state index contributed by atoms with van der Waals surface area (Å²) in [7, 11) is 3.84. The third kappa shape index (κ3) is 4.75. The van der Waals surface area contributed by atoms with Gasteiger partial charge in [0.1, 0.15) is 0 Å². The van der Waals surface area contributed by atoms with Crippen molar-refractivity contribution in [3.8, 4) is 0 Å². The maximum atomic E-state index is 12.3. The topological polar surface area (TPSA) is 58.2 Å². The number of benzene rings is 1. The van der Waals surface area contributed by atoms with Crippen LogP contribution in [0.4, 0.5) is 10.1 Å². The number of anilines is 1. The van der Waals surface area contributed by atoms with Gasteiger partial charge in [0.15, 0.2) is 6.01 Å². The van der Waals surface area contributed by atoms with E-state index in [1.54, 1.807) is 18.2 Å². The summed E-state index contributed by atoms with van der Waals surface area (Å²) in [5.74, 6) is 0. The zero-order valence-electron chi connectivity index (χ0n) is 7.86. The SMILES string of the molecule is O=S(=O)(Nc1ccccc1)NS(Cl)(Cl)CF. The van der Waals surface area contributed by atoms with Gasteiger partial charge in [-0.25, -0.2) is 4.39 Å². The van der Waals surface area contributed by atoms with Crippen molar-refractivity contribution in [2.24, 2.45) is 0 Å². The summed E-state index contributed by atoms with van der Waals surface area (Å²) in [6.45, 7) is 0. The Morgan fingerprint density at radius 3 is 2.25 bits per heavy atom. The van der Waals surface area contributed by atoms with E-state index in [-0.39, 0.29) is 0 Å². The minimum Gasteiger partial charge on any atom is -0.270 e. The van der Waals surface area contributed by atoms with Crippen LogP contribution in [-0.4, -0.2) is 14.4 Å². The molecule has 0 heterocycles. The number of para-hydroxylation sites is 1. The molecule has 0 bridgehead atoms. The molecule has 1 rings (SSSR count). The van der Waals surface area contributed by atoms with E-state index < -0.39 is 24.9 Å². The van der Waals surface area contributed by atoms with Crippen molar-refractivity contribution in [3.05, 3.63) is 30.3 Å². The van der Waals surface area contributed by atoms with Gasteiger partial charge in [0.05, 0.1) is 0 Å². The lowest BCUT2D eigenvalue weighted by molar-refractivity contribution is 0.592. The monoisotopic (exact) mass is 306 g/mol. The van der Waals surface area contributed by atoms with Gasteiger partial charge < -0.3 is 0 Å². The maximum Gasteiger partial charge on any atom is 0.308 e. The van der Waals surface area contributed by atoms with Gasteiger partial charge in [0.25, 0.3) is 0 Å². The Bertz CT molecular complexity index is 441. The van der Waals surface area contributed by atoms with Crippen molar-refractivity contribution in [2.45, 2.75) is 0 Å². The molecule has 0 saturated carbocycles. The smallest absolute Gasteiger partial charge is 0.270 e. The minimum absolute atomic E-state index is 0.331. The van der Waals surface area contributed by atoms with E-state index in [1.165, 1.54) is 12.1 Å². The van der Waals surface area contributed by atoms with Crippen LogP contribution in [0.1, 0.15) is 0 Å². The molecule has 0 aliphatic rings. The average molecular weight is 307 g/mol. The molecule has 0 amide bonds. The van der Waals surface area contributed by atoms with Gasteiger partial charge in [-0.05, 0) is 33.5 Å². The van der Waals surface area contributed by atoms with Gasteiger partial charge in [0, 0.05) is 14.3 Å². The normalized spacial score (nSPS) is 13.4. The van der Waals surface area contributed by atoms with Crippen LogP contribution in [0.5, 0.6) is 0 Å². The highest BCUT2D eigenvalue weighted by Crippen LogP contribution is 2.54. The van der Waals surface area contributed by atoms with E-state index in [0.29, 0.717) is 5.69 Å². The second-order valence-corrected chi connectivity index (χ2v) is 9.62. The number of nitrogens with one attached hydrogen (secondary N) is 2. The van der Waals surface area contributed by atoms with Crippen LogP contribution in [0.3, 0.4) is 0 Å². The van der Waals surface area contributed by atoms with Gasteiger partial charge in [-0.1, -0.05) is 18.2 Å². The molecule has 0 unspecified atom stereocenters. The lowest BCUT2D eigenvalue weighted by atomic mass is 10.3. The molecule has 0 aliphatic heterocycles. The first kappa shape index (κ1) is 13.9. The van der Waals surface area contributed by atoms with Crippen LogP contribution in [0.15, 0.2) is 30.3 Å². The highest BCUT2D eigenvalue weighted by atomic mass is 36.0. The lowest BCUT2D eigenvalue weighted by Crippen LogP contribution is -2.29. The predicted molar refractivity (Wildman–Crippen MR) is 67.4 cm³/mol. The quantitative estimate of drug-likeness (QED) is 0.879. The molecule has 0 spiro atoms. The Morgan fingerprint density at radius 1 is 1.19 bits per heavy atom. The van der Waals surface area contributed by atoms with Gasteiger partial charge >= 0.3 is 10.2 Å². The molecular formula is C7H9Cl2FN2O2S2. The van der Waals surface area contributed by atoms with Crippen LogP contribution in [0.25, 0.3) is 0 Å². The molecule has 0 saturated heterocycles. The molecule has 1 aromatic rings. The minimum atomic E-state index is -3.97. The molecule has 16 heavy (non-hydrogen) atoms. The molecule has 0 fully saturated rings. The summed E-state index contributed by atoms with van der Waals surface area (Å²) >= 11 is 0. The summed E-state index contributed by atoms with van der Waals surface area (Å²) in [5, 5.41) is 0. The Morgan fingerprint density at radius 2 is 1.75 bits per heavy atom. The number of hydrogen-bond donors (Lipinski definition) is 2. The molecule has 9 heteroatoms. The second-order valence-electron chi connectivity index (χ2n) is 2.74. The third-order valence-electron chi connectivity index (χ3n) is 1.39. The summed E-state index contributed by atoms with van der Waals surface area (Å²) in [5.41, 5.74) is 0.331. The van der Waals surface area contributed by atoms with Crippen LogP contribution in [-0.2, 0) is 10.2 Å². The van der Waals surface area contributed by atoms with Crippen molar-refractivity contribution >= 4 is 45.9 Å². The van der Waals surface area contributed by atoms with Gasteiger partial charge in [-0.3, -0.25) is 4.72 Å². The molecule has 0 radical (unpaired) electrons. The van der Waals surface area contributed by atoms with Gasteiger partial charge in [-0.15, -0.1) is 4.13 Å². The molecule has 0 aliphatic carbocycles. The van der Waals surface area contributed by atoms with Crippen molar-refractivity contribution in [3.63, 3.8) is 0 Å². The number of alkyl halides is 1. The summed E-state index contributed by atoms with van der Waals surface area (Å²) < 4.78 is 39.1. The van der Waals surface area contributed by atoms with E-state index in [9.17, 15) is 12.8 Å². The van der Waals surface area contributed by atoms with Crippen molar-refractivity contribution in [2.75, 3.05) is 10.7 Å². The van der Waals surface area contributed by atoms with Crippen LogP contribution in [0, 0.1) is 0 Å². The maximum absolute atomic E-state index is 12.3. The fourth-order valence-electron chi connectivity index (χ4n) is 0.865. The number of halogens is 3. The Balaban J connectivity index is 2.74. The predicted octanol–water partition coefficient (Wildman–Crippen LogP) is 2.89. The molecule has 1 aromatic carbocycles. The van der Waals surface area contributed by atoms with Crippen molar-refractivity contribution < 1.29 is 12.8 Å². The first-order valence-corrected chi connectivity index (χ1v) is 8.91. The fourth-order valence-corrected chi connectivity index (χ4v) is 4.43. The number of rotatable bonds is 5. The summed E-state index contributed by atoms with van der Waals surface area (Å²) in [6, 6.07) is 6.93. The molecular weight excluding hydrogens is 298 g/mol. The number of hydrogen-bond acceptors (Lipinski definition) is 2. The highest BCUT2D eigenvalue weighted by Gasteiger charge is 2.24. The average Bonchev–Trinajstić information content (AvgIpc) is 2.17. The molecule has 4 nitrogen and oxygen atoms in total. The van der Waals surface area contributed by atoms with Crippen molar-refractivity contribution in [1.29, 1.82) is 0 Å². The Kier molecular flexibility index (Phi) is 4.69. The third-order valence-corrected chi connectivity index (χ3v) is 5.65. The lowest BCUT2D eigenvalue weighted by Gasteiger charge is -2.21. The largest absolute Gasteiger partial charge is 0.308 e.